The first-order valence-corrected chi connectivity index (χ1v) is 11.6. The molecule has 2 atom stereocenters. The van der Waals surface area contributed by atoms with Gasteiger partial charge in [-0.2, -0.15) is 5.10 Å². The molecule has 1 fully saturated rings. The zero-order valence-corrected chi connectivity index (χ0v) is 19.3. The number of hydrogen-bond donors (Lipinski definition) is 3. The highest BCUT2D eigenvalue weighted by Crippen LogP contribution is 2.39. The molecule has 1 saturated carbocycles. The van der Waals surface area contributed by atoms with Crippen LogP contribution in [0.1, 0.15) is 51.6 Å². The number of anilines is 1. The van der Waals surface area contributed by atoms with E-state index in [9.17, 15) is 9.59 Å². The molecular formula is C23H30ClN5O3. The number of hydrogen-bond acceptors (Lipinski definition) is 5. The molecule has 4 rings (SSSR count). The van der Waals surface area contributed by atoms with Crippen molar-refractivity contribution in [2.75, 3.05) is 11.9 Å². The molecule has 172 valence electrons. The maximum Gasteiger partial charge on any atom is 0.228 e. The van der Waals surface area contributed by atoms with Crippen molar-refractivity contribution in [1.82, 2.24) is 20.1 Å². The quantitative estimate of drug-likeness (QED) is 0.614. The summed E-state index contributed by atoms with van der Waals surface area (Å²) in [6.45, 7) is 5.13. The summed E-state index contributed by atoms with van der Waals surface area (Å²) in [4.78, 5) is 29.0. The SMILES string of the molecule is CC1(C)Cc2c(-c3cc(NC(=O)[C@@H]4CCCC(NC(=O)CCO)C4)ncc3Cl)cnn2C1. The summed E-state index contributed by atoms with van der Waals surface area (Å²) >= 11 is 6.47. The first-order valence-electron chi connectivity index (χ1n) is 11.2. The van der Waals surface area contributed by atoms with Gasteiger partial charge in [0, 0.05) is 47.9 Å². The summed E-state index contributed by atoms with van der Waals surface area (Å²) in [5, 5.41) is 19.8. The summed E-state index contributed by atoms with van der Waals surface area (Å²) in [6, 6.07) is 1.76. The number of aromatic nitrogens is 3. The largest absolute Gasteiger partial charge is 0.396 e. The third-order valence-electron chi connectivity index (χ3n) is 6.32. The molecule has 0 radical (unpaired) electrons. The van der Waals surface area contributed by atoms with E-state index < -0.39 is 0 Å². The second kappa shape index (κ2) is 9.19. The molecule has 0 spiro atoms. The first-order chi connectivity index (χ1) is 15.3. The van der Waals surface area contributed by atoms with E-state index in [1.54, 1.807) is 6.20 Å². The molecule has 1 unspecified atom stereocenters. The molecule has 0 aromatic carbocycles. The van der Waals surface area contributed by atoms with Crippen molar-refractivity contribution >= 4 is 29.2 Å². The lowest BCUT2D eigenvalue weighted by Gasteiger charge is -2.29. The number of halogens is 1. The fourth-order valence-corrected chi connectivity index (χ4v) is 4.98. The highest BCUT2D eigenvalue weighted by Gasteiger charge is 2.32. The number of rotatable bonds is 6. The minimum absolute atomic E-state index is 0.0503. The molecule has 9 heteroatoms. The second-order valence-corrected chi connectivity index (χ2v) is 10.1. The number of aliphatic hydroxyl groups excluding tert-OH is 1. The predicted molar refractivity (Wildman–Crippen MR) is 122 cm³/mol. The van der Waals surface area contributed by atoms with Crippen molar-refractivity contribution in [3.8, 4) is 11.1 Å². The van der Waals surface area contributed by atoms with Crippen molar-refractivity contribution in [3.05, 3.63) is 29.2 Å². The number of nitrogens with one attached hydrogen (secondary N) is 2. The molecule has 2 aromatic heterocycles. The molecule has 1 aliphatic carbocycles. The Hall–Kier alpha value is -2.45. The van der Waals surface area contributed by atoms with Crippen LogP contribution in [0.25, 0.3) is 11.1 Å². The van der Waals surface area contributed by atoms with Gasteiger partial charge in [0.1, 0.15) is 5.82 Å². The number of carbonyl (C=O) groups excluding carboxylic acids is 2. The second-order valence-electron chi connectivity index (χ2n) is 9.64. The van der Waals surface area contributed by atoms with Crippen LogP contribution in [0.15, 0.2) is 18.5 Å². The van der Waals surface area contributed by atoms with E-state index in [0.717, 1.165) is 49.0 Å². The smallest absolute Gasteiger partial charge is 0.228 e. The highest BCUT2D eigenvalue weighted by molar-refractivity contribution is 6.33. The molecule has 0 saturated heterocycles. The van der Waals surface area contributed by atoms with Crippen LogP contribution < -0.4 is 10.6 Å². The van der Waals surface area contributed by atoms with E-state index in [4.69, 9.17) is 16.7 Å². The lowest BCUT2D eigenvalue weighted by atomic mass is 9.85. The van der Waals surface area contributed by atoms with Crippen LogP contribution in [-0.4, -0.2) is 44.3 Å². The molecule has 3 heterocycles. The minimum Gasteiger partial charge on any atom is -0.396 e. The fourth-order valence-electron chi connectivity index (χ4n) is 4.78. The Bertz CT molecular complexity index is 1020. The van der Waals surface area contributed by atoms with Crippen LogP contribution in [0.4, 0.5) is 5.82 Å². The van der Waals surface area contributed by atoms with Gasteiger partial charge in [-0.05, 0) is 37.2 Å². The van der Waals surface area contributed by atoms with Crippen LogP contribution >= 0.6 is 11.6 Å². The summed E-state index contributed by atoms with van der Waals surface area (Å²) in [6.07, 6.45) is 7.44. The molecule has 32 heavy (non-hydrogen) atoms. The summed E-state index contributed by atoms with van der Waals surface area (Å²) in [5.41, 5.74) is 3.09. The lowest BCUT2D eigenvalue weighted by Crippen LogP contribution is -2.41. The number of carbonyl (C=O) groups is 2. The number of nitrogens with zero attached hydrogens (tertiary/aromatic N) is 3. The number of aliphatic hydroxyl groups is 1. The van der Waals surface area contributed by atoms with Gasteiger partial charge in [-0.25, -0.2) is 4.98 Å². The van der Waals surface area contributed by atoms with Crippen LogP contribution in [-0.2, 0) is 22.6 Å². The Balaban J connectivity index is 1.46. The monoisotopic (exact) mass is 459 g/mol. The van der Waals surface area contributed by atoms with E-state index in [0.29, 0.717) is 17.3 Å². The topological polar surface area (TPSA) is 109 Å². The van der Waals surface area contributed by atoms with Crippen molar-refractivity contribution in [2.24, 2.45) is 11.3 Å². The van der Waals surface area contributed by atoms with Gasteiger partial charge in [0.25, 0.3) is 0 Å². The van der Waals surface area contributed by atoms with Gasteiger partial charge >= 0.3 is 0 Å². The zero-order chi connectivity index (χ0) is 22.9. The molecule has 1 aliphatic heterocycles. The van der Waals surface area contributed by atoms with E-state index in [-0.39, 0.29) is 42.2 Å². The number of fused-ring (bicyclic) bond motifs is 1. The van der Waals surface area contributed by atoms with E-state index >= 15 is 0 Å². The van der Waals surface area contributed by atoms with Gasteiger partial charge in [0.05, 0.1) is 17.8 Å². The Morgan fingerprint density at radius 2 is 2.09 bits per heavy atom. The molecule has 2 aliphatic rings. The van der Waals surface area contributed by atoms with Crippen molar-refractivity contribution in [1.29, 1.82) is 0 Å². The van der Waals surface area contributed by atoms with Crippen molar-refractivity contribution in [3.63, 3.8) is 0 Å². The maximum atomic E-state index is 12.9. The van der Waals surface area contributed by atoms with E-state index in [1.165, 1.54) is 0 Å². The molecular weight excluding hydrogens is 430 g/mol. The Kier molecular flexibility index (Phi) is 6.53. The maximum absolute atomic E-state index is 12.9. The van der Waals surface area contributed by atoms with Gasteiger partial charge in [-0.15, -0.1) is 0 Å². The molecule has 8 nitrogen and oxygen atoms in total. The molecule has 2 aromatic rings. The van der Waals surface area contributed by atoms with Crippen molar-refractivity contribution in [2.45, 2.75) is 65.0 Å². The van der Waals surface area contributed by atoms with E-state index in [2.05, 4.69) is 34.6 Å². The van der Waals surface area contributed by atoms with Gasteiger partial charge in [0.15, 0.2) is 0 Å². The van der Waals surface area contributed by atoms with Crippen LogP contribution in [0, 0.1) is 11.3 Å². The average Bonchev–Trinajstić information content (AvgIpc) is 3.24. The van der Waals surface area contributed by atoms with Gasteiger partial charge in [-0.1, -0.05) is 31.9 Å². The van der Waals surface area contributed by atoms with Gasteiger partial charge < -0.3 is 15.7 Å². The normalized spacial score (nSPS) is 21.8. The zero-order valence-electron chi connectivity index (χ0n) is 18.5. The third-order valence-corrected chi connectivity index (χ3v) is 6.62. The van der Waals surface area contributed by atoms with Crippen LogP contribution in [0.5, 0.6) is 0 Å². The van der Waals surface area contributed by atoms with Crippen LogP contribution in [0.2, 0.25) is 5.02 Å². The number of amides is 2. The Labute approximate surface area is 192 Å². The summed E-state index contributed by atoms with van der Waals surface area (Å²) < 4.78 is 2.03. The lowest BCUT2D eigenvalue weighted by molar-refractivity contribution is -0.125. The summed E-state index contributed by atoms with van der Waals surface area (Å²) in [7, 11) is 0. The first kappa shape index (κ1) is 22.7. The molecule has 3 N–H and O–H groups in total. The van der Waals surface area contributed by atoms with Crippen LogP contribution in [0.3, 0.4) is 0 Å². The standard InChI is InChI=1S/C23H30ClN5O3/c1-23(2)10-19-17(11-26-29(19)13-23)16-9-20(25-12-18(16)24)28-22(32)14-4-3-5-15(8-14)27-21(31)6-7-30/h9,11-12,14-15,30H,3-8,10,13H2,1-2H3,(H,27,31)(H,25,28,32)/t14-,15?/m1/s1. The Morgan fingerprint density at radius 3 is 2.88 bits per heavy atom. The predicted octanol–water partition coefficient (Wildman–Crippen LogP) is 3.18. The summed E-state index contributed by atoms with van der Waals surface area (Å²) in [5.74, 6) is -0.0314. The van der Waals surface area contributed by atoms with Gasteiger partial charge in [-0.3, -0.25) is 14.3 Å². The van der Waals surface area contributed by atoms with Crippen molar-refractivity contribution < 1.29 is 14.7 Å². The minimum atomic E-state index is -0.203. The highest BCUT2D eigenvalue weighted by atomic mass is 35.5. The van der Waals surface area contributed by atoms with E-state index in [1.807, 2.05) is 16.9 Å². The molecule has 0 bridgehead atoms. The average molecular weight is 460 g/mol. The molecule has 2 amide bonds. The fraction of sp³-hybridized carbons (Fsp3) is 0.565. The third kappa shape index (κ3) is 4.96. The Morgan fingerprint density at radius 1 is 1.28 bits per heavy atom. The number of pyridine rings is 1. The van der Waals surface area contributed by atoms with Gasteiger partial charge in [0.2, 0.25) is 11.8 Å².